The van der Waals surface area contributed by atoms with E-state index in [9.17, 15) is 9.90 Å². The monoisotopic (exact) mass is 675 g/mol. The zero-order chi connectivity index (χ0) is 34.8. The molecule has 0 amide bonds. The number of imidazole rings is 1. The molecule has 0 saturated carbocycles. The van der Waals surface area contributed by atoms with Gasteiger partial charge in [0.15, 0.2) is 0 Å². The third-order valence-electron chi connectivity index (χ3n) is 8.46. The van der Waals surface area contributed by atoms with E-state index in [0.29, 0.717) is 35.8 Å². The number of ether oxygens (including phenoxy) is 3. The van der Waals surface area contributed by atoms with Crippen LogP contribution in [0.4, 0.5) is 8.78 Å². The van der Waals surface area contributed by atoms with Gasteiger partial charge < -0.3 is 23.9 Å². The highest BCUT2D eigenvalue weighted by Gasteiger charge is 2.24. The lowest BCUT2D eigenvalue weighted by molar-refractivity contribution is -0.0589. The molecule has 0 spiro atoms. The van der Waals surface area contributed by atoms with Gasteiger partial charge in [0.05, 0.1) is 53.8 Å². The van der Waals surface area contributed by atoms with E-state index in [1.54, 1.807) is 48.3 Å². The van der Waals surface area contributed by atoms with Gasteiger partial charge in [-0.25, -0.2) is 23.5 Å². The van der Waals surface area contributed by atoms with Gasteiger partial charge in [0.2, 0.25) is 5.88 Å². The Morgan fingerprint density at radius 2 is 1.86 bits per heavy atom. The first-order valence-corrected chi connectivity index (χ1v) is 15.8. The van der Waals surface area contributed by atoms with E-state index in [4.69, 9.17) is 14.2 Å². The molecule has 1 aliphatic rings. The Morgan fingerprint density at radius 1 is 1.02 bits per heavy atom. The highest BCUT2D eigenvalue weighted by atomic mass is 19.1. The largest absolute Gasteiger partial charge is 0.496 e. The SMILES string of the molecule is COc1cc(C#Cc2cnn(C)c2)ccc1COc1cccc(-c2cc(F)c(Cc3nc4ccc(C(=O)O)cc4n3C[C@@H]3CCO3)cc2F)n1. The molecular formula is C38H31F2N5O5. The Labute approximate surface area is 285 Å². The van der Waals surface area contributed by atoms with Crippen LogP contribution in [0.1, 0.15) is 44.9 Å². The van der Waals surface area contributed by atoms with Gasteiger partial charge in [-0.15, -0.1) is 0 Å². The Morgan fingerprint density at radius 3 is 2.60 bits per heavy atom. The summed E-state index contributed by atoms with van der Waals surface area (Å²) in [4.78, 5) is 20.7. The second-order valence-corrected chi connectivity index (χ2v) is 11.9. The maximum absolute atomic E-state index is 15.6. The summed E-state index contributed by atoms with van der Waals surface area (Å²) in [5.41, 5.74) is 3.85. The van der Waals surface area contributed by atoms with Crippen molar-refractivity contribution in [2.24, 2.45) is 7.05 Å². The Bertz CT molecular complexity index is 2300. The molecule has 50 heavy (non-hydrogen) atoms. The maximum Gasteiger partial charge on any atom is 0.335 e. The fourth-order valence-electron chi connectivity index (χ4n) is 5.74. The average molecular weight is 676 g/mol. The van der Waals surface area contributed by atoms with Crippen molar-refractivity contribution in [1.29, 1.82) is 0 Å². The predicted molar refractivity (Wildman–Crippen MR) is 180 cm³/mol. The number of hydrogen-bond acceptors (Lipinski definition) is 7. The van der Waals surface area contributed by atoms with Crippen LogP contribution in [0, 0.1) is 23.5 Å². The maximum atomic E-state index is 15.6. The third kappa shape index (κ3) is 6.90. The number of nitrogens with zero attached hydrogens (tertiary/aromatic N) is 5. The topological polar surface area (TPSA) is 114 Å². The summed E-state index contributed by atoms with van der Waals surface area (Å²) in [6, 6.07) is 17.3. The molecule has 0 radical (unpaired) electrons. The van der Waals surface area contributed by atoms with Crippen LogP contribution in [0.3, 0.4) is 0 Å². The molecule has 6 aromatic rings. The number of methoxy groups -OCH3 is 1. The van der Waals surface area contributed by atoms with Crippen LogP contribution >= 0.6 is 0 Å². The van der Waals surface area contributed by atoms with E-state index in [1.165, 1.54) is 6.07 Å². The van der Waals surface area contributed by atoms with Crippen LogP contribution < -0.4 is 9.47 Å². The average Bonchev–Trinajstić information content (AvgIpc) is 3.67. The van der Waals surface area contributed by atoms with Gasteiger partial charge in [-0.2, -0.15) is 5.10 Å². The Balaban J connectivity index is 1.09. The van der Waals surface area contributed by atoms with Crippen LogP contribution in [-0.4, -0.2) is 55.2 Å². The normalized spacial score (nSPS) is 13.8. The quantitative estimate of drug-likeness (QED) is 0.172. The first-order chi connectivity index (χ1) is 24.2. The number of fused-ring (bicyclic) bond motifs is 1. The Hall–Kier alpha value is -6.06. The molecule has 1 aliphatic heterocycles. The minimum atomic E-state index is -1.06. The molecule has 0 bridgehead atoms. The number of aromatic nitrogens is 5. The van der Waals surface area contributed by atoms with E-state index < -0.39 is 17.6 Å². The zero-order valence-corrected chi connectivity index (χ0v) is 27.2. The molecule has 0 aliphatic carbocycles. The first kappa shape index (κ1) is 32.5. The standard InChI is InChI=1S/C38H31F2N5O5/c1-44-20-24(19-41-44)7-6-23-8-9-26(35(14-23)48-2)22-50-37-5-3-4-32(43-37)29-18-30(39)27(15-31(29)40)17-36-42-33-11-10-25(38(46)47)16-34(33)45(36)21-28-12-13-49-28/h3-5,8-11,14-16,18-20,28H,12-13,17,21-22H2,1-2H3,(H,46,47)/t28-/m0/s1. The molecular weight excluding hydrogens is 644 g/mol. The van der Waals surface area contributed by atoms with Crippen molar-refractivity contribution in [2.75, 3.05) is 13.7 Å². The number of benzene rings is 3. The van der Waals surface area contributed by atoms with Gasteiger partial charge in [0.1, 0.15) is 29.8 Å². The molecule has 3 aromatic carbocycles. The number of aromatic carboxylic acids is 1. The summed E-state index contributed by atoms with van der Waals surface area (Å²) in [5.74, 6) is 5.09. The van der Waals surface area contributed by atoms with Gasteiger partial charge in [-0.05, 0) is 60.5 Å². The number of carbonyl (C=O) groups is 1. The number of halogens is 2. The van der Waals surface area contributed by atoms with Gasteiger partial charge in [-0.3, -0.25) is 4.68 Å². The van der Waals surface area contributed by atoms with Crippen molar-refractivity contribution >= 4 is 17.0 Å². The molecule has 3 aromatic heterocycles. The van der Waals surface area contributed by atoms with Gasteiger partial charge >= 0.3 is 5.97 Å². The van der Waals surface area contributed by atoms with Crippen LogP contribution in [-0.2, 0) is 31.4 Å². The van der Waals surface area contributed by atoms with E-state index >= 15 is 8.78 Å². The molecule has 1 saturated heterocycles. The minimum absolute atomic E-state index is 0.0148. The van der Waals surface area contributed by atoms with E-state index in [0.717, 1.165) is 35.2 Å². The van der Waals surface area contributed by atoms with Gasteiger partial charge in [0, 0.05) is 49.0 Å². The van der Waals surface area contributed by atoms with Crippen molar-refractivity contribution in [3.8, 4) is 34.7 Å². The van der Waals surface area contributed by atoms with Crippen molar-refractivity contribution in [2.45, 2.75) is 32.1 Å². The zero-order valence-electron chi connectivity index (χ0n) is 27.2. The van der Waals surface area contributed by atoms with Gasteiger partial charge in [-0.1, -0.05) is 24.0 Å². The molecule has 10 nitrogen and oxygen atoms in total. The van der Waals surface area contributed by atoms with Crippen molar-refractivity contribution in [3.63, 3.8) is 0 Å². The van der Waals surface area contributed by atoms with Crippen LogP contribution in [0.5, 0.6) is 11.6 Å². The molecule has 7 rings (SSSR count). The Kier molecular flexibility index (Phi) is 8.98. The summed E-state index contributed by atoms with van der Waals surface area (Å²) >= 11 is 0. The number of hydrogen-bond donors (Lipinski definition) is 1. The van der Waals surface area contributed by atoms with Crippen LogP contribution in [0.2, 0.25) is 0 Å². The van der Waals surface area contributed by atoms with Gasteiger partial charge in [0.25, 0.3) is 0 Å². The second kappa shape index (κ2) is 13.8. The summed E-state index contributed by atoms with van der Waals surface area (Å²) in [7, 11) is 3.39. The predicted octanol–water partition coefficient (Wildman–Crippen LogP) is 6.18. The minimum Gasteiger partial charge on any atom is -0.496 e. The number of aryl methyl sites for hydroxylation is 1. The van der Waals surface area contributed by atoms with Crippen molar-refractivity contribution in [3.05, 3.63) is 124 Å². The first-order valence-electron chi connectivity index (χ1n) is 15.8. The van der Waals surface area contributed by atoms with E-state index in [2.05, 4.69) is 26.9 Å². The van der Waals surface area contributed by atoms with Crippen molar-refractivity contribution < 1.29 is 32.9 Å². The molecule has 0 unspecified atom stereocenters. The molecule has 12 heteroatoms. The van der Waals surface area contributed by atoms with Crippen LogP contribution in [0.15, 0.2) is 79.1 Å². The fourth-order valence-corrected chi connectivity index (χ4v) is 5.74. The molecule has 1 fully saturated rings. The smallest absolute Gasteiger partial charge is 0.335 e. The molecule has 252 valence electrons. The number of pyridine rings is 1. The van der Waals surface area contributed by atoms with E-state index in [1.807, 2.05) is 36.0 Å². The van der Waals surface area contributed by atoms with E-state index in [-0.39, 0.29) is 47.4 Å². The number of rotatable bonds is 10. The van der Waals surface area contributed by atoms with Crippen molar-refractivity contribution in [1.82, 2.24) is 24.3 Å². The third-order valence-corrected chi connectivity index (χ3v) is 8.46. The summed E-state index contributed by atoms with van der Waals surface area (Å²) in [6.45, 7) is 1.18. The highest BCUT2D eigenvalue weighted by molar-refractivity contribution is 5.92. The molecule has 4 heterocycles. The lowest BCUT2D eigenvalue weighted by Gasteiger charge is -2.27. The number of carboxylic acids is 1. The number of carboxylic acid groups (broad SMARTS) is 1. The highest BCUT2D eigenvalue weighted by Crippen LogP contribution is 2.29. The van der Waals surface area contributed by atoms with Crippen LogP contribution in [0.25, 0.3) is 22.3 Å². The lowest BCUT2D eigenvalue weighted by Crippen LogP contribution is -2.31. The molecule has 1 N–H and O–H groups in total. The molecule has 1 atom stereocenters. The lowest BCUT2D eigenvalue weighted by atomic mass is 10.0. The fraction of sp³-hybridized carbons (Fsp3) is 0.211. The summed E-state index contributed by atoms with van der Waals surface area (Å²) < 4.78 is 51.9. The summed E-state index contributed by atoms with van der Waals surface area (Å²) in [5, 5.41) is 13.6. The summed E-state index contributed by atoms with van der Waals surface area (Å²) in [6.07, 6.45) is 4.27. The second-order valence-electron chi connectivity index (χ2n) is 11.9.